The third-order valence-corrected chi connectivity index (χ3v) is 2.34. The van der Waals surface area contributed by atoms with Crippen LogP contribution in [0.1, 0.15) is 0 Å². The van der Waals surface area contributed by atoms with E-state index in [1.54, 1.807) is 19.2 Å². The van der Waals surface area contributed by atoms with Crippen molar-refractivity contribution >= 4 is 15.8 Å². The van der Waals surface area contributed by atoms with Gasteiger partial charge in [-0.15, -0.1) is 0 Å². The minimum absolute atomic E-state index is 0.149. The van der Waals surface area contributed by atoms with Gasteiger partial charge in [0.15, 0.2) is 0 Å². The minimum atomic E-state index is -4.16. The molecule has 0 unspecified atom stereocenters. The fraction of sp³-hybridized carbons (Fsp3) is 0.143. The Morgan fingerprint density at radius 2 is 1.92 bits per heavy atom. The fourth-order valence-electron chi connectivity index (χ4n) is 0.930. The van der Waals surface area contributed by atoms with Gasteiger partial charge in [-0.3, -0.25) is 4.55 Å². The van der Waals surface area contributed by atoms with Crippen LogP contribution in [0.3, 0.4) is 0 Å². The Hall–Kier alpha value is -1.11. The Bertz CT molecular complexity index is 388. The van der Waals surface area contributed by atoms with E-state index >= 15 is 0 Å². The van der Waals surface area contributed by atoms with Crippen LogP contribution < -0.4 is 10.9 Å². The van der Waals surface area contributed by atoms with Crippen molar-refractivity contribution in [2.45, 2.75) is 4.90 Å². The number of rotatable bonds is 3. The Morgan fingerprint density at radius 1 is 1.31 bits per heavy atom. The maximum atomic E-state index is 10.8. The lowest BCUT2D eigenvalue weighted by Crippen LogP contribution is -2.17. The van der Waals surface area contributed by atoms with Gasteiger partial charge in [0.05, 0.1) is 5.69 Å². The van der Waals surface area contributed by atoms with Crippen molar-refractivity contribution < 1.29 is 13.0 Å². The van der Waals surface area contributed by atoms with Gasteiger partial charge in [-0.1, -0.05) is 12.1 Å². The molecule has 5 nitrogen and oxygen atoms in total. The third kappa shape index (κ3) is 2.41. The number of hydrogen-bond acceptors (Lipinski definition) is 4. The lowest BCUT2D eigenvalue weighted by Gasteiger charge is -2.07. The van der Waals surface area contributed by atoms with Crippen molar-refractivity contribution in [3.8, 4) is 0 Å². The molecule has 0 radical (unpaired) electrons. The van der Waals surface area contributed by atoms with E-state index in [9.17, 15) is 8.42 Å². The van der Waals surface area contributed by atoms with Gasteiger partial charge in [0, 0.05) is 7.05 Å². The van der Waals surface area contributed by atoms with Crippen molar-refractivity contribution in [2.75, 3.05) is 12.5 Å². The van der Waals surface area contributed by atoms with E-state index in [4.69, 9.17) is 4.55 Å². The molecule has 6 heteroatoms. The quantitative estimate of drug-likeness (QED) is 0.491. The average molecular weight is 202 g/mol. The standard InChI is InChI=1S/C7H10N2O3S/c1-8-9-6-4-2-3-5-7(6)13(10,11)12/h2-5,8-9H,1H3,(H,10,11,12). The molecule has 1 aromatic rings. The second-order valence-corrected chi connectivity index (χ2v) is 3.74. The molecule has 0 saturated heterocycles. The van der Waals surface area contributed by atoms with Crippen molar-refractivity contribution in [1.82, 2.24) is 5.43 Å². The van der Waals surface area contributed by atoms with E-state index in [0.717, 1.165) is 0 Å². The van der Waals surface area contributed by atoms with E-state index in [-0.39, 0.29) is 4.90 Å². The van der Waals surface area contributed by atoms with Gasteiger partial charge < -0.3 is 5.43 Å². The van der Waals surface area contributed by atoms with Crippen LogP contribution in [0.15, 0.2) is 29.2 Å². The molecule has 0 bridgehead atoms. The van der Waals surface area contributed by atoms with Crippen LogP contribution in [0.25, 0.3) is 0 Å². The smallest absolute Gasteiger partial charge is 0.296 e. The zero-order valence-electron chi connectivity index (χ0n) is 6.98. The highest BCUT2D eigenvalue weighted by molar-refractivity contribution is 7.86. The molecule has 1 rings (SSSR count). The molecular weight excluding hydrogens is 192 g/mol. The third-order valence-electron chi connectivity index (χ3n) is 1.42. The predicted molar refractivity (Wildman–Crippen MR) is 48.9 cm³/mol. The molecular formula is C7H10N2O3S. The van der Waals surface area contributed by atoms with Gasteiger partial charge >= 0.3 is 0 Å². The van der Waals surface area contributed by atoms with Crippen LogP contribution in [0.5, 0.6) is 0 Å². The maximum Gasteiger partial charge on any atom is 0.296 e. The first-order chi connectivity index (χ1) is 6.05. The van der Waals surface area contributed by atoms with Gasteiger partial charge in [-0.05, 0) is 12.1 Å². The highest BCUT2D eigenvalue weighted by Crippen LogP contribution is 2.18. The number of hydrazine groups is 1. The summed E-state index contributed by atoms with van der Waals surface area (Å²) >= 11 is 0. The van der Waals surface area contributed by atoms with Crippen LogP contribution in [0.4, 0.5) is 5.69 Å². The van der Waals surface area contributed by atoms with Crippen LogP contribution >= 0.6 is 0 Å². The number of anilines is 1. The Morgan fingerprint density at radius 3 is 2.46 bits per heavy atom. The largest absolute Gasteiger partial charge is 0.320 e. The summed E-state index contributed by atoms with van der Waals surface area (Å²) in [5.74, 6) is 0. The molecule has 3 N–H and O–H groups in total. The summed E-state index contributed by atoms with van der Waals surface area (Å²) in [4.78, 5) is -0.149. The molecule has 0 aliphatic carbocycles. The first kappa shape index (κ1) is 9.97. The first-order valence-electron chi connectivity index (χ1n) is 3.55. The van der Waals surface area contributed by atoms with Crippen molar-refractivity contribution in [3.05, 3.63) is 24.3 Å². The number of nitrogens with one attached hydrogen (secondary N) is 2. The second kappa shape index (κ2) is 3.73. The number of benzene rings is 1. The molecule has 0 fully saturated rings. The van der Waals surface area contributed by atoms with Crippen molar-refractivity contribution in [1.29, 1.82) is 0 Å². The summed E-state index contributed by atoms with van der Waals surface area (Å²) in [6.07, 6.45) is 0. The number of hydrogen-bond donors (Lipinski definition) is 3. The lowest BCUT2D eigenvalue weighted by atomic mass is 10.3. The minimum Gasteiger partial charge on any atom is -0.320 e. The summed E-state index contributed by atoms with van der Waals surface area (Å²) in [6.45, 7) is 0. The molecule has 0 spiro atoms. The van der Waals surface area contributed by atoms with Gasteiger partial charge in [0.2, 0.25) is 0 Å². The van der Waals surface area contributed by atoms with Crippen LogP contribution in [0.2, 0.25) is 0 Å². The monoisotopic (exact) mass is 202 g/mol. The summed E-state index contributed by atoms with van der Waals surface area (Å²) in [6, 6.07) is 6.05. The molecule has 0 atom stereocenters. The maximum absolute atomic E-state index is 10.8. The normalized spacial score (nSPS) is 11.2. The molecule has 0 aliphatic heterocycles. The van der Waals surface area contributed by atoms with Crippen molar-refractivity contribution in [2.24, 2.45) is 0 Å². The Labute approximate surface area is 76.5 Å². The molecule has 1 aromatic carbocycles. The molecule has 13 heavy (non-hydrogen) atoms. The van der Waals surface area contributed by atoms with Crippen molar-refractivity contribution in [3.63, 3.8) is 0 Å². The lowest BCUT2D eigenvalue weighted by molar-refractivity contribution is 0.483. The Balaban J connectivity index is 3.20. The molecule has 0 aliphatic rings. The van der Waals surface area contributed by atoms with E-state index in [1.807, 2.05) is 0 Å². The summed E-state index contributed by atoms with van der Waals surface area (Å²) < 4.78 is 30.4. The topological polar surface area (TPSA) is 78.4 Å². The Kier molecular flexibility index (Phi) is 2.86. The SMILES string of the molecule is CNNc1ccccc1S(=O)(=O)O. The second-order valence-electron chi connectivity index (χ2n) is 2.35. The van der Waals surface area contributed by atoms with Gasteiger partial charge in [-0.2, -0.15) is 8.42 Å². The van der Waals surface area contributed by atoms with Gasteiger partial charge in [0.1, 0.15) is 4.90 Å². The predicted octanol–water partition coefficient (Wildman–Crippen LogP) is 0.480. The zero-order chi connectivity index (χ0) is 9.90. The van der Waals surface area contributed by atoms with E-state index in [0.29, 0.717) is 5.69 Å². The van der Waals surface area contributed by atoms with Gasteiger partial charge in [-0.25, -0.2) is 5.43 Å². The van der Waals surface area contributed by atoms with E-state index < -0.39 is 10.1 Å². The fourth-order valence-corrected chi connectivity index (χ4v) is 1.58. The molecule has 0 heterocycles. The summed E-state index contributed by atoms with van der Waals surface area (Å²) in [5.41, 5.74) is 5.48. The van der Waals surface area contributed by atoms with Gasteiger partial charge in [0.25, 0.3) is 10.1 Å². The van der Waals surface area contributed by atoms with Crippen LogP contribution in [-0.4, -0.2) is 20.0 Å². The molecule has 0 aromatic heterocycles. The van der Waals surface area contributed by atoms with Crippen LogP contribution in [-0.2, 0) is 10.1 Å². The summed E-state index contributed by atoms with van der Waals surface area (Å²) in [5, 5.41) is 0. The highest BCUT2D eigenvalue weighted by atomic mass is 32.2. The summed E-state index contributed by atoms with van der Waals surface area (Å²) in [7, 11) is -2.56. The highest BCUT2D eigenvalue weighted by Gasteiger charge is 2.13. The molecule has 0 saturated carbocycles. The zero-order valence-corrected chi connectivity index (χ0v) is 7.80. The van der Waals surface area contributed by atoms with E-state index in [2.05, 4.69) is 10.9 Å². The average Bonchev–Trinajstić information content (AvgIpc) is 2.04. The van der Waals surface area contributed by atoms with E-state index in [1.165, 1.54) is 12.1 Å². The van der Waals surface area contributed by atoms with Crippen LogP contribution in [0, 0.1) is 0 Å². The molecule has 72 valence electrons. The first-order valence-corrected chi connectivity index (χ1v) is 4.99. The molecule has 0 amide bonds. The number of para-hydroxylation sites is 1.